The van der Waals surface area contributed by atoms with Crippen LogP contribution in [0.4, 0.5) is 0 Å². The summed E-state index contributed by atoms with van der Waals surface area (Å²) in [6, 6.07) is 8.10. The Labute approximate surface area is 173 Å². The summed E-state index contributed by atoms with van der Waals surface area (Å²) in [6.45, 7) is 5.39. The van der Waals surface area contributed by atoms with Crippen LogP contribution in [0.1, 0.15) is 42.1 Å². The van der Waals surface area contributed by atoms with Crippen LogP contribution in [0.2, 0.25) is 0 Å². The smallest absolute Gasteiger partial charge is 0.339 e. The van der Waals surface area contributed by atoms with E-state index in [1.807, 2.05) is 26.0 Å². The van der Waals surface area contributed by atoms with E-state index in [4.69, 9.17) is 9.26 Å². The minimum Gasteiger partial charge on any atom is -0.452 e. The molecule has 0 radical (unpaired) electrons. The van der Waals surface area contributed by atoms with Crippen LogP contribution in [-0.4, -0.2) is 42.1 Å². The second-order valence-electron chi connectivity index (χ2n) is 6.37. The molecule has 0 bridgehead atoms. The average molecular weight is 420 g/mol. The van der Waals surface area contributed by atoms with Gasteiger partial charge in [0.05, 0.1) is 11.3 Å². The van der Waals surface area contributed by atoms with Gasteiger partial charge in [0.1, 0.15) is 11.8 Å². The summed E-state index contributed by atoms with van der Waals surface area (Å²) in [5, 5.41) is 9.12. The standard InChI is InChI=1S/C20H25N3O5S/c1-4-9-21-19(25)14(3)22-18(24)11-27-20(26)16-7-5-6-8-17(16)29-12-15-10-13(2)28-23-15/h5-8,10,14H,4,9,11-12H2,1-3H3,(H,21,25)(H,22,24)/t14-/m0/s1. The molecular weight excluding hydrogens is 394 g/mol. The van der Waals surface area contributed by atoms with Crippen molar-refractivity contribution < 1.29 is 23.6 Å². The first kappa shape index (κ1) is 22.5. The van der Waals surface area contributed by atoms with Gasteiger partial charge in [0.2, 0.25) is 5.91 Å². The fraction of sp³-hybridized carbons (Fsp3) is 0.400. The number of carbonyl (C=O) groups excluding carboxylic acids is 3. The van der Waals surface area contributed by atoms with Crippen molar-refractivity contribution in [2.75, 3.05) is 13.2 Å². The molecule has 0 aliphatic carbocycles. The number of aromatic nitrogens is 1. The molecule has 0 aliphatic heterocycles. The Morgan fingerprint density at radius 3 is 2.72 bits per heavy atom. The molecular formula is C20H25N3O5S. The van der Waals surface area contributed by atoms with Crippen LogP contribution in [0.3, 0.4) is 0 Å². The van der Waals surface area contributed by atoms with Gasteiger partial charge in [-0.15, -0.1) is 11.8 Å². The van der Waals surface area contributed by atoms with Crippen molar-refractivity contribution >= 4 is 29.5 Å². The van der Waals surface area contributed by atoms with Crippen molar-refractivity contribution in [1.29, 1.82) is 0 Å². The minimum atomic E-state index is -0.707. The maximum atomic E-state index is 12.4. The highest BCUT2D eigenvalue weighted by molar-refractivity contribution is 7.98. The maximum absolute atomic E-state index is 12.4. The summed E-state index contributed by atoms with van der Waals surface area (Å²) < 4.78 is 10.2. The fourth-order valence-corrected chi connectivity index (χ4v) is 3.28. The second-order valence-corrected chi connectivity index (χ2v) is 7.39. The lowest BCUT2D eigenvalue weighted by atomic mass is 10.2. The number of amides is 2. The first-order chi connectivity index (χ1) is 13.9. The Kier molecular flexibility index (Phi) is 8.72. The molecule has 1 atom stereocenters. The zero-order valence-electron chi connectivity index (χ0n) is 16.7. The molecule has 0 fully saturated rings. The Morgan fingerprint density at radius 1 is 1.28 bits per heavy atom. The van der Waals surface area contributed by atoms with Crippen LogP contribution in [-0.2, 0) is 20.1 Å². The van der Waals surface area contributed by atoms with Gasteiger partial charge in [-0.3, -0.25) is 9.59 Å². The van der Waals surface area contributed by atoms with E-state index in [1.165, 1.54) is 11.8 Å². The molecule has 0 unspecified atom stereocenters. The first-order valence-corrected chi connectivity index (χ1v) is 10.3. The van der Waals surface area contributed by atoms with Crippen LogP contribution in [0.5, 0.6) is 0 Å². The molecule has 0 saturated heterocycles. The lowest BCUT2D eigenvalue weighted by molar-refractivity contribution is -0.130. The van der Waals surface area contributed by atoms with E-state index in [-0.39, 0.29) is 5.91 Å². The highest BCUT2D eigenvalue weighted by Gasteiger charge is 2.18. The van der Waals surface area contributed by atoms with Gasteiger partial charge in [0.15, 0.2) is 6.61 Å². The summed E-state index contributed by atoms with van der Waals surface area (Å²) >= 11 is 1.42. The van der Waals surface area contributed by atoms with Crippen LogP contribution in [0.15, 0.2) is 39.8 Å². The highest BCUT2D eigenvalue weighted by Crippen LogP contribution is 2.26. The van der Waals surface area contributed by atoms with E-state index in [1.54, 1.807) is 25.1 Å². The Morgan fingerprint density at radius 2 is 2.03 bits per heavy atom. The van der Waals surface area contributed by atoms with Gasteiger partial charge >= 0.3 is 5.97 Å². The third-order valence-electron chi connectivity index (χ3n) is 3.81. The topological polar surface area (TPSA) is 111 Å². The van der Waals surface area contributed by atoms with E-state index in [9.17, 15) is 14.4 Å². The zero-order chi connectivity index (χ0) is 21.2. The van der Waals surface area contributed by atoms with Gasteiger partial charge in [-0.1, -0.05) is 24.2 Å². The normalized spacial score (nSPS) is 11.6. The summed E-state index contributed by atoms with van der Waals surface area (Å²) in [7, 11) is 0. The summed E-state index contributed by atoms with van der Waals surface area (Å²) in [6.07, 6.45) is 0.803. The monoisotopic (exact) mass is 419 g/mol. The molecule has 1 heterocycles. The van der Waals surface area contributed by atoms with E-state index in [0.29, 0.717) is 22.8 Å². The van der Waals surface area contributed by atoms with E-state index in [0.717, 1.165) is 17.9 Å². The van der Waals surface area contributed by atoms with Gasteiger partial charge < -0.3 is 19.9 Å². The van der Waals surface area contributed by atoms with Crippen LogP contribution < -0.4 is 10.6 Å². The molecule has 8 nitrogen and oxygen atoms in total. The number of nitrogens with one attached hydrogen (secondary N) is 2. The fourth-order valence-electron chi connectivity index (χ4n) is 2.36. The predicted octanol–water partition coefficient (Wildman–Crippen LogP) is 2.46. The molecule has 156 valence electrons. The molecule has 2 N–H and O–H groups in total. The van der Waals surface area contributed by atoms with Gasteiger partial charge in [0.25, 0.3) is 5.91 Å². The van der Waals surface area contributed by atoms with Crippen molar-refractivity contribution in [2.24, 2.45) is 0 Å². The maximum Gasteiger partial charge on any atom is 0.339 e. The van der Waals surface area contributed by atoms with E-state index >= 15 is 0 Å². The number of thioether (sulfide) groups is 1. The number of esters is 1. The average Bonchev–Trinajstić information content (AvgIpc) is 3.13. The molecule has 2 amide bonds. The third kappa shape index (κ3) is 7.26. The molecule has 1 aromatic heterocycles. The predicted molar refractivity (Wildman–Crippen MR) is 108 cm³/mol. The molecule has 9 heteroatoms. The number of carbonyl (C=O) groups is 3. The number of hydrogen-bond acceptors (Lipinski definition) is 7. The SMILES string of the molecule is CCCNC(=O)[C@H](C)NC(=O)COC(=O)c1ccccc1SCc1cc(C)on1. The Bertz CT molecular complexity index is 852. The first-order valence-electron chi connectivity index (χ1n) is 9.29. The summed E-state index contributed by atoms with van der Waals surface area (Å²) in [5.41, 5.74) is 1.13. The van der Waals surface area contributed by atoms with Gasteiger partial charge in [-0.2, -0.15) is 0 Å². The van der Waals surface area contributed by atoms with Crippen molar-refractivity contribution in [3.8, 4) is 0 Å². The molecule has 1 aromatic carbocycles. The third-order valence-corrected chi connectivity index (χ3v) is 4.92. The number of benzene rings is 1. The molecule has 29 heavy (non-hydrogen) atoms. The lowest BCUT2D eigenvalue weighted by Gasteiger charge is -2.14. The van der Waals surface area contributed by atoms with E-state index < -0.39 is 24.5 Å². The number of ether oxygens (including phenoxy) is 1. The number of hydrogen-bond donors (Lipinski definition) is 2. The second kappa shape index (κ2) is 11.3. The van der Waals surface area contributed by atoms with Gasteiger partial charge in [-0.25, -0.2) is 4.79 Å². The number of nitrogens with zero attached hydrogens (tertiary/aromatic N) is 1. The van der Waals surface area contributed by atoms with Crippen molar-refractivity contribution in [3.63, 3.8) is 0 Å². The highest BCUT2D eigenvalue weighted by atomic mass is 32.2. The Balaban J connectivity index is 1.87. The molecule has 2 rings (SSSR count). The quantitative estimate of drug-likeness (QED) is 0.449. The largest absolute Gasteiger partial charge is 0.452 e. The van der Waals surface area contributed by atoms with Crippen LogP contribution in [0.25, 0.3) is 0 Å². The number of rotatable bonds is 10. The zero-order valence-corrected chi connectivity index (χ0v) is 17.5. The molecule has 2 aromatic rings. The molecule has 0 aliphatic rings. The van der Waals surface area contributed by atoms with Crippen LogP contribution in [0, 0.1) is 6.92 Å². The number of aryl methyl sites for hydroxylation is 1. The van der Waals surface area contributed by atoms with Crippen molar-refractivity contribution in [2.45, 2.75) is 43.9 Å². The Hall–Kier alpha value is -2.81. The molecule has 0 saturated carbocycles. The van der Waals surface area contributed by atoms with Gasteiger partial charge in [-0.05, 0) is 32.4 Å². The van der Waals surface area contributed by atoms with Crippen molar-refractivity contribution in [1.82, 2.24) is 15.8 Å². The van der Waals surface area contributed by atoms with Gasteiger partial charge in [0, 0.05) is 23.3 Å². The lowest BCUT2D eigenvalue weighted by Crippen LogP contribution is -2.46. The molecule has 0 spiro atoms. The summed E-state index contributed by atoms with van der Waals surface area (Å²) in [5.74, 6) is -0.177. The van der Waals surface area contributed by atoms with Crippen molar-refractivity contribution in [3.05, 3.63) is 47.3 Å². The van der Waals surface area contributed by atoms with E-state index in [2.05, 4.69) is 15.8 Å². The summed E-state index contributed by atoms with van der Waals surface area (Å²) in [4.78, 5) is 36.9. The van der Waals surface area contributed by atoms with Crippen LogP contribution >= 0.6 is 11.8 Å². The minimum absolute atomic E-state index is 0.281.